The molecule has 0 aromatic rings. The van der Waals surface area contributed by atoms with Crippen LogP contribution < -0.4 is 0 Å². The SMILES string of the molecule is CC1=[C-]C(C)(C)C(C)=C1C.CO.CO.CO.[Zr]. The molecule has 0 radical (unpaired) electrons. The van der Waals surface area contributed by atoms with E-state index in [0.29, 0.717) is 0 Å². The van der Waals surface area contributed by atoms with Crippen molar-refractivity contribution in [2.45, 2.75) is 34.6 Å². The van der Waals surface area contributed by atoms with Crippen molar-refractivity contribution in [1.82, 2.24) is 0 Å². The first-order valence-electron chi connectivity index (χ1n) is 5.09. The van der Waals surface area contributed by atoms with Crippen molar-refractivity contribution in [2.24, 2.45) is 5.41 Å². The summed E-state index contributed by atoms with van der Waals surface area (Å²) >= 11 is 0. The quantitative estimate of drug-likeness (QED) is 0.597. The van der Waals surface area contributed by atoms with E-state index in [2.05, 4.69) is 40.7 Å². The number of hydrogen-bond acceptors (Lipinski definition) is 3. The fraction of sp³-hybridized carbons (Fsp3) is 0.692. The number of allylic oxidation sites excluding steroid dienone is 4. The van der Waals surface area contributed by atoms with Crippen LogP contribution in [-0.4, -0.2) is 36.6 Å². The van der Waals surface area contributed by atoms with Gasteiger partial charge in [-0.05, 0) is 0 Å². The van der Waals surface area contributed by atoms with E-state index < -0.39 is 0 Å². The second kappa shape index (κ2) is 14.3. The maximum atomic E-state index is 7.00. The summed E-state index contributed by atoms with van der Waals surface area (Å²) in [5.74, 6) is 0. The van der Waals surface area contributed by atoms with Gasteiger partial charge in [-0.2, -0.15) is 11.1 Å². The molecule has 0 fully saturated rings. The first-order chi connectivity index (χ1) is 7.45. The third-order valence-electron chi connectivity index (χ3n) is 2.56. The molecule has 1 aliphatic carbocycles. The Morgan fingerprint density at radius 2 is 1.12 bits per heavy atom. The molecule has 102 valence electrons. The van der Waals surface area contributed by atoms with Gasteiger partial charge >= 0.3 is 0 Å². The molecule has 0 atom stereocenters. The minimum Gasteiger partial charge on any atom is -0.400 e. The van der Waals surface area contributed by atoms with Crippen LogP contribution in [0.25, 0.3) is 0 Å². The molecule has 0 aromatic heterocycles. The van der Waals surface area contributed by atoms with Gasteiger partial charge in [0.25, 0.3) is 0 Å². The summed E-state index contributed by atoms with van der Waals surface area (Å²) in [6.45, 7) is 10.9. The molecule has 0 saturated carbocycles. The standard InChI is InChI=1S/C10H15.3CH4O.Zr/c1-7-6-10(4,5)9(3)8(7)2;3*1-2;/h1-5H3;3*2H,1H3;/q-1;;;;. The van der Waals surface area contributed by atoms with E-state index in [1.165, 1.54) is 16.7 Å². The molecular weight excluding hydrogens is 295 g/mol. The second-order valence-electron chi connectivity index (χ2n) is 3.62. The van der Waals surface area contributed by atoms with Crippen molar-refractivity contribution in [1.29, 1.82) is 0 Å². The average Bonchev–Trinajstić information content (AvgIpc) is 2.50. The van der Waals surface area contributed by atoms with E-state index in [9.17, 15) is 0 Å². The van der Waals surface area contributed by atoms with Gasteiger partial charge in [-0.25, -0.2) is 5.57 Å². The Balaban J connectivity index is -0.000000106. The maximum Gasteiger partial charge on any atom is 0.0319 e. The van der Waals surface area contributed by atoms with Crippen molar-refractivity contribution in [2.75, 3.05) is 21.3 Å². The zero-order chi connectivity index (χ0) is 13.9. The summed E-state index contributed by atoms with van der Waals surface area (Å²) in [6, 6.07) is 0. The van der Waals surface area contributed by atoms with Crippen LogP contribution in [0.5, 0.6) is 0 Å². The molecular formula is C13H27O3Zr-. The van der Waals surface area contributed by atoms with E-state index in [1.54, 1.807) is 0 Å². The topological polar surface area (TPSA) is 60.7 Å². The van der Waals surface area contributed by atoms with Crippen LogP contribution >= 0.6 is 0 Å². The summed E-state index contributed by atoms with van der Waals surface area (Å²) in [7, 11) is 3.00. The van der Waals surface area contributed by atoms with E-state index in [1.807, 2.05) is 0 Å². The van der Waals surface area contributed by atoms with Gasteiger partial charge in [0.1, 0.15) is 0 Å². The Labute approximate surface area is 125 Å². The zero-order valence-corrected chi connectivity index (χ0v) is 14.8. The summed E-state index contributed by atoms with van der Waals surface area (Å²) in [5.41, 5.74) is 4.39. The van der Waals surface area contributed by atoms with Crippen molar-refractivity contribution in [3.8, 4) is 0 Å². The van der Waals surface area contributed by atoms with Crippen LogP contribution in [0.4, 0.5) is 0 Å². The fourth-order valence-corrected chi connectivity index (χ4v) is 1.41. The minimum absolute atomic E-state index is 0. The number of aliphatic hydroxyl groups is 3. The Kier molecular flexibility index (Phi) is 21.8. The van der Waals surface area contributed by atoms with Gasteiger partial charge in [-0.15, -0.1) is 6.92 Å². The minimum atomic E-state index is 0. The Morgan fingerprint density at radius 3 is 1.18 bits per heavy atom. The largest absolute Gasteiger partial charge is 0.400 e. The molecule has 0 heterocycles. The van der Waals surface area contributed by atoms with Crippen LogP contribution in [0.15, 0.2) is 16.7 Å². The van der Waals surface area contributed by atoms with Crippen molar-refractivity contribution >= 4 is 0 Å². The normalized spacial score (nSPS) is 14.9. The van der Waals surface area contributed by atoms with Gasteiger partial charge < -0.3 is 15.3 Å². The third kappa shape index (κ3) is 8.90. The molecule has 3 N–H and O–H groups in total. The first-order valence-corrected chi connectivity index (χ1v) is 5.09. The van der Waals surface area contributed by atoms with Gasteiger partial charge in [-0.3, -0.25) is 6.08 Å². The zero-order valence-electron chi connectivity index (χ0n) is 12.3. The van der Waals surface area contributed by atoms with Gasteiger partial charge in [0.15, 0.2) is 0 Å². The monoisotopic (exact) mass is 321 g/mol. The van der Waals surface area contributed by atoms with Crippen LogP contribution in [-0.2, 0) is 26.2 Å². The molecule has 1 rings (SSSR count). The first kappa shape index (κ1) is 25.9. The maximum absolute atomic E-state index is 7.00. The van der Waals surface area contributed by atoms with Crippen LogP contribution in [0, 0.1) is 11.5 Å². The van der Waals surface area contributed by atoms with Crippen molar-refractivity contribution < 1.29 is 41.5 Å². The van der Waals surface area contributed by atoms with Crippen molar-refractivity contribution in [3.63, 3.8) is 0 Å². The van der Waals surface area contributed by atoms with Crippen LogP contribution in [0.1, 0.15) is 34.6 Å². The molecule has 0 spiro atoms. The predicted molar refractivity (Wildman–Crippen MR) is 69.0 cm³/mol. The molecule has 0 amide bonds. The molecule has 0 unspecified atom stereocenters. The predicted octanol–water partition coefficient (Wildman–Crippen LogP) is 1.94. The van der Waals surface area contributed by atoms with E-state index >= 15 is 0 Å². The molecule has 4 heteroatoms. The smallest absolute Gasteiger partial charge is 0.0319 e. The summed E-state index contributed by atoms with van der Waals surface area (Å²) in [6.07, 6.45) is 3.44. The fourth-order valence-electron chi connectivity index (χ4n) is 1.41. The van der Waals surface area contributed by atoms with Crippen molar-refractivity contribution in [3.05, 3.63) is 22.8 Å². The van der Waals surface area contributed by atoms with E-state index in [4.69, 9.17) is 15.3 Å². The van der Waals surface area contributed by atoms with E-state index in [-0.39, 0.29) is 31.6 Å². The Morgan fingerprint density at radius 1 is 0.824 bits per heavy atom. The molecule has 0 aliphatic heterocycles. The third-order valence-corrected chi connectivity index (χ3v) is 2.56. The molecule has 1 aliphatic rings. The summed E-state index contributed by atoms with van der Waals surface area (Å²) < 4.78 is 0. The molecule has 0 aromatic carbocycles. The van der Waals surface area contributed by atoms with E-state index in [0.717, 1.165) is 21.3 Å². The summed E-state index contributed by atoms with van der Waals surface area (Å²) in [4.78, 5) is 0. The second-order valence-corrected chi connectivity index (χ2v) is 3.62. The molecule has 0 saturated heterocycles. The number of hydrogen-bond donors (Lipinski definition) is 3. The number of aliphatic hydroxyl groups excluding tert-OH is 3. The molecule has 17 heavy (non-hydrogen) atoms. The molecule has 0 bridgehead atoms. The van der Waals surface area contributed by atoms with Gasteiger partial charge in [0, 0.05) is 47.5 Å². The van der Waals surface area contributed by atoms with Crippen LogP contribution in [0.3, 0.4) is 0 Å². The van der Waals surface area contributed by atoms with Crippen LogP contribution in [0.2, 0.25) is 0 Å². The summed E-state index contributed by atoms with van der Waals surface area (Å²) in [5, 5.41) is 21.0. The average molecular weight is 323 g/mol. The van der Waals surface area contributed by atoms with Gasteiger partial charge in [-0.1, -0.05) is 33.1 Å². The van der Waals surface area contributed by atoms with Gasteiger partial charge in [0.2, 0.25) is 0 Å². The number of rotatable bonds is 0. The Hall–Kier alpha value is 0.243. The van der Waals surface area contributed by atoms with Gasteiger partial charge in [0.05, 0.1) is 0 Å². The Bertz CT molecular complexity index is 231. The molecule has 3 nitrogen and oxygen atoms in total.